The van der Waals surface area contributed by atoms with E-state index in [0.29, 0.717) is 0 Å². The SMILES string of the molecule is Cc1cccc2c1-c1n(C)cc[n+]1B(c1c(C(C)(C)C)cc(C(C)(C)C)cc1C(C)(C)C)N2C. The van der Waals surface area contributed by atoms with Crippen molar-refractivity contribution in [2.75, 3.05) is 11.9 Å². The van der Waals surface area contributed by atoms with E-state index in [9.17, 15) is 0 Å². The van der Waals surface area contributed by atoms with Crippen molar-refractivity contribution < 1.29 is 4.48 Å². The largest absolute Gasteiger partial charge is 0.537 e. The Labute approximate surface area is 207 Å². The van der Waals surface area contributed by atoms with Crippen LogP contribution in [0.25, 0.3) is 11.4 Å². The Balaban J connectivity index is 2.14. The molecule has 0 radical (unpaired) electrons. The lowest BCUT2D eigenvalue weighted by molar-refractivity contribution is -0.523. The number of benzene rings is 2. The van der Waals surface area contributed by atoms with Gasteiger partial charge < -0.3 is 4.81 Å². The van der Waals surface area contributed by atoms with E-state index in [1.165, 1.54) is 44.8 Å². The van der Waals surface area contributed by atoms with E-state index in [1.54, 1.807) is 0 Å². The maximum absolute atomic E-state index is 2.49. The highest BCUT2D eigenvalue weighted by molar-refractivity contribution is 6.71. The first-order valence-electron chi connectivity index (χ1n) is 12.6. The summed E-state index contributed by atoms with van der Waals surface area (Å²) >= 11 is 0. The normalized spacial score (nSPS) is 14.4. The molecule has 1 aliphatic heterocycles. The molecule has 4 heteroatoms. The van der Waals surface area contributed by atoms with Gasteiger partial charge in [0.15, 0.2) is 0 Å². The zero-order valence-electron chi connectivity index (χ0n) is 23.5. The van der Waals surface area contributed by atoms with Crippen molar-refractivity contribution in [1.29, 1.82) is 0 Å². The first kappa shape index (κ1) is 24.6. The molecular weight excluding hydrogens is 413 g/mol. The van der Waals surface area contributed by atoms with Crippen LogP contribution in [-0.2, 0) is 23.3 Å². The molecule has 4 rings (SSSR count). The van der Waals surface area contributed by atoms with Crippen LogP contribution < -0.4 is 14.8 Å². The van der Waals surface area contributed by atoms with Gasteiger partial charge in [-0.1, -0.05) is 86.6 Å². The van der Waals surface area contributed by atoms with Crippen molar-refractivity contribution in [1.82, 2.24) is 4.57 Å². The van der Waals surface area contributed by atoms with Crippen LogP contribution in [0.4, 0.5) is 5.69 Å². The molecule has 0 N–H and O–H groups in total. The monoisotopic (exact) mass is 456 g/mol. The van der Waals surface area contributed by atoms with Crippen molar-refractivity contribution >= 4 is 18.1 Å². The van der Waals surface area contributed by atoms with Crippen LogP contribution in [0.5, 0.6) is 0 Å². The first-order valence-corrected chi connectivity index (χ1v) is 12.6. The van der Waals surface area contributed by atoms with Crippen LogP contribution in [0.2, 0.25) is 0 Å². The molecule has 0 spiro atoms. The number of fused-ring (bicyclic) bond motifs is 3. The topological polar surface area (TPSA) is 12.0 Å². The Kier molecular flexibility index (Phi) is 5.62. The maximum atomic E-state index is 2.49. The lowest BCUT2D eigenvalue weighted by atomic mass is 9.54. The van der Waals surface area contributed by atoms with Gasteiger partial charge in [0.25, 0.3) is 5.82 Å². The fourth-order valence-corrected chi connectivity index (χ4v) is 5.49. The predicted octanol–water partition coefficient (Wildman–Crippen LogP) is 5.87. The summed E-state index contributed by atoms with van der Waals surface area (Å²) in [6.45, 7) is 23.5. The summed E-state index contributed by atoms with van der Waals surface area (Å²) in [5.41, 5.74) is 9.81. The van der Waals surface area contributed by atoms with Crippen molar-refractivity contribution in [3.05, 3.63) is 65.0 Å². The molecule has 2 heterocycles. The number of aryl methyl sites for hydroxylation is 2. The molecule has 1 aliphatic rings. The third-order valence-corrected chi connectivity index (χ3v) is 7.43. The van der Waals surface area contributed by atoms with Gasteiger partial charge in [-0.2, -0.15) is 0 Å². The summed E-state index contributed by atoms with van der Waals surface area (Å²) in [7, 11) is 4.44. The highest BCUT2D eigenvalue weighted by Gasteiger charge is 2.47. The fraction of sp³-hybridized carbons (Fsp3) is 0.500. The van der Waals surface area contributed by atoms with E-state index < -0.39 is 0 Å². The Bertz CT molecular complexity index is 1210. The molecule has 0 atom stereocenters. The molecular formula is C30H43BN3+. The average molecular weight is 457 g/mol. The fourth-order valence-electron chi connectivity index (χ4n) is 5.49. The second-order valence-electron chi connectivity index (χ2n) is 13.3. The van der Waals surface area contributed by atoms with Crippen molar-refractivity contribution in [3.8, 4) is 11.4 Å². The number of imidazole rings is 1. The number of nitrogens with zero attached hydrogens (tertiary/aromatic N) is 3. The van der Waals surface area contributed by atoms with E-state index in [4.69, 9.17) is 0 Å². The van der Waals surface area contributed by atoms with Gasteiger partial charge in [0.1, 0.15) is 12.4 Å². The van der Waals surface area contributed by atoms with Crippen LogP contribution >= 0.6 is 0 Å². The quantitative estimate of drug-likeness (QED) is 0.417. The first-order chi connectivity index (χ1) is 15.5. The minimum Gasteiger partial charge on any atom is -0.372 e. The van der Waals surface area contributed by atoms with Crippen LogP contribution in [0.1, 0.15) is 84.6 Å². The molecule has 180 valence electrons. The summed E-state index contributed by atoms with van der Waals surface area (Å²) in [6.07, 6.45) is 4.47. The Hall–Kier alpha value is -2.49. The van der Waals surface area contributed by atoms with Crippen molar-refractivity contribution in [3.63, 3.8) is 0 Å². The summed E-state index contributed by atoms with van der Waals surface area (Å²) in [5, 5.41) is 0. The smallest absolute Gasteiger partial charge is 0.372 e. The molecule has 2 aromatic carbocycles. The molecule has 3 nitrogen and oxygen atoms in total. The summed E-state index contributed by atoms with van der Waals surface area (Å²) in [6, 6.07) is 11.7. The second-order valence-corrected chi connectivity index (χ2v) is 13.3. The van der Waals surface area contributed by atoms with Crippen molar-refractivity contribution in [2.45, 2.75) is 85.5 Å². The molecule has 0 saturated carbocycles. The molecule has 0 bridgehead atoms. The van der Waals surface area contributed by atoms with Gasteiger partial charge in [0, 0.05) is 11.2 Å². The van der Waals surface area contributed by atoms with Gasteiger partial charge in [0.2, 0.25) is 0 Å². The molecule has 0 fully saturated rings. The molecule has 1 aromatic heterocycles. The van der Waals surface area contributed by atoms with Crippen molar-refractivity contribution in [2.24, 2.45) is 7.05 Å². The highest BCUT2D eigenvalue weighted by Crippen LogP contribution is 2.38. The van der Waals surface area contributed by atoms with E-state index in [-0.39, 0.29) is 23.2 Å². The third-order valence-electron chi connectivity index (χ3n) is 7.43. The minimum atomic E-state index is 0.0137. The van der Waals surface area contributed by atoms with Crippen LogP contribution in [0, 0.1) is 6.92 Å². The van der Waals surface area contributed by atoms with Gasteiger partial charge in [-0.25, -0.2) is 4.57 Å². The molecule has 0 saturated heterocycles. The predicted molar refractivity (Wildman–Crippen MR) is 148 cm³/mol. The second kappa shape index (κ2) is 7.76. The van der Waals surface area contributed by atoms with Gasteiger partial charge >= 0.3 is 6.98 Å². The van der Waals surface area contributed by atoms with Gasteiger partial charge in [-0.05, 0) is 58.5 Å². The number of hydrogen-bond donors (Lipinski definition) is 0. The van der Waals surface area contributed by atoms with E-state index in [2.05, 4.69) is 140 Å². The highest BCUT2D eigenvalue weighted by atomic mass is 15.2. The molecule has 0 amide bonds. The summed E-state index contributed by atoms with van der Waals surface area (Å²) in [4.78, 5) is 2.49. The lowest BCUT2D eigenvalue weighted by Crippen LogP contribution is -2.72. The number of aromatic nitrogens is 2. The Morgan fingerprint density at radius 2 is 1.35 bits per heavy atom. The van der Waals surface area contributed by atoms with Gasteiger partial charge in [0.05, 0.1) is 12.6 Å². The average Bonchev–Trinajstić information content (AvgIpc) is 3.07. The van der Waals surface area contributed by atoms with Crippen LogP contribution in [-0.4, -0.2) is 18.6 Å². The minimum absolute atomic E-state index is 0.0137. The molecule has 0 unspecified atom stereocenters. The Morgan fingerprint density at radius 1 is 0.794 bits per heavy atom. The number of rotatable bonds is 1. The standard InChI is InChI=1S/C30H43BN3/c1-20-14-13-15-24-25(20)27-32(11)16-17-34(27)31(33(24)12)26-22(29(5,6)7)18-21(28(2,3)4)19-23(26)30(8,9)10/h13-19H,1-12H3/q+1. The zero-order chi connectivity index (χ0) is 25.4. The van der Waals surface area contributed by atoms with E-state index in [1.807, 2.05) is 0 Å². The zero-order valence-corrected chi connectivity index (χ0v) is 23.5. The summed E-state index contributed by atoms with van der Waals surface area (Å²) in [5.74, 6) is 1.27. The van der Waals surface area contributed by atoms with Gasteiger partial charge in [-0.15, -0.1) is 0 Å². The third kappa shape index (κ3) is 3.89. The van der Waals surface area contributed by atoms with Crippen LogP contribution in [0.3, 0.4) is 0 Å². The van der Waals surface area contributed by atoms with E-state index >= 15 is 0 Å². The Morgan fingerprint density at radius 3 is 1.85 bits per heavy atom. The van der Waals surface area contributed by atoms with Crippen LogP contribution in [0.15, 0.2) is 42.7 Å². The number of hydrogen-bond acceptors (Lipinski definition) is 1. The molecule has 3 aromatic rings. The molecule has 34 heavy (non-hydrogen) atoms. The lowest BCUT2D eigenvalue weighted by Gasteiger charge is -2.38. The van der Waals surface area contributed by atoms with Gasteiger partial charge in [-0.3, -0.25) is 4.48 Å². The maximum Gasteiger partial charge on any atom is 0.537 e. The molecule has 0 aliphatic carbocycles. The van der Waals surface area contributed by atoms with E-state index in [0.717, 1.165) is 0 Å². The summed E-state index contributed by atoms with van der Waals surface area (Å²) < 4.78 is 4.77. The number of anilines is 1.